The van der Waals surface area contributed by atoms with Gasteiger partial charge in [-0.25, -0.2) is 0 Å². The Bertz CT molecular complexity index is 146. The van der Waals surface area contributed by atoms with Crippen LogP contribution in [-0.4, -0.2) is 37.6 Å². The molecule has 0 bridgehead atoms. The Kier molecular flexibility index (Phi) is 10.0. The lowest BCUT2D eigenvalue weighted by molar-refractivity contribution is 0.224. The first-order chi connectivity index (χ1) is 7.57. The molecule has 0 aromatic rings. The van der Waals surface area contributed by atoms with E-state index in [2.05, 4.69) is 45.0 Å². The average molecular weight is 228 g/mol. The second kappa shape index (κ2) is 10.1. The van der Waals surface area contributed by atoms with Gasteiger partial charge in [-0.05, 0) is 58.8 Å². The molecule has 0 spiro atoms. The lowest BCUT2D eigenvalue weighted by atomic mass is 10.0. The highest BCUT2D eigenvalue weighted by Crippen LogP contribution is 2.10. The quantitative estimate of drug-likeness (QED) is 0.578. The van der Waals surface area contributed by atoms with Gasteiger partial charge in [0.1, 0.15) is 0 Å². The minimum Gasteiger partial charge on any atom is -0.317 e. The third-order valence-corrected chi connectivity index (χ3v) is 3.18. The summed E-state index contributed by atoms with van der Waals surface area (Å²) in [6, 6.07) is 0.730. The molecule has 0 aliphatic rings. The zero-order valence-corrected chi connectivity index (χ0v) is 12.1. The van der Waals surface area contributed by atoms with Gasteiger partial charge >= 0.3 is 0 Å². The standard InChI is InChI=1S/C14H32N2/c1-6-15-10-8-7-9-11-16(5)14(4)12-13(2)3/h13-15H,6-12H2,1-5H3. The molecule has 16 heavy (non-hydrogen) atoms. The summed E-state index contributed by atoms with van der Waals surface area (Å²) in [5.74, 6) is 0.811. The van der Waals surface area contributed by atoms with Crippen molar-refractivity contribution in [3.05, 3.63) is 0 Å². The van der Waals surface area contributed by atoms with Crippen LogP contribution in [0.2, 0.25) is 0 Å². The predicted octanol–water partition coefficient (Wildman–Crippen LogP) is 3.13. The van der Waals surface area contributed by atoms with Crippen molar-refractivity contribution in [3.63, 3.8) is 0 Å². The summed E-state index contributed by atoms with van der Waals surface area (Å²) < 4.78 is 0. The molecular weight excluding hydrogens is 196 g/mol. The maximum atomic E-state index is 3.37. The molecule has 0 aliphatic heterocycles. The van der Waals surface area contributed by atoms with Crippen LogP contribution in [0.25, 0.3) is 0 Å². The fraction of sp³-hybridized carbons (Fsp3) is 1.00. The maximum absolute atomic E-state index is 3.37. The molecule has 1 unspecified atom stereocenters. The largest absolute Gasteiger partial charge is 0.317 e. The van der Waals surface area contributed by atoms with Crippen molar-refractivity contribution < 1.29 is 0 Å². The summed E-state index contributed by atoms with van der Waals surface area (Å²) in [4.78, 5) is 2.51. The summed E-state index contributed by atoms with van der Waals surface area (Å²) in [5.41, 5.74) is 0. The van der Waals surface area contributed by atoms with Gasteiger partial charge in [0.15, 0.2) is 0 Å². The summed E-state index contributed by atoms with van der Waals surface area (Å²) >= 11 is 0. The molecule has 2 nitrogen and oxygen atoms in total. The molecule has 0 saturated heterocycles. The molecule has 1 atom stereocenters. The zero-order valence-electron chi connectivity index (χ0n) is 12.1. The first-order valence-electron chi connectivity index (χ1n) is 6.98. The molecule has 98 valence electrons. The molecule has 2 heteroatoms. The Balaban J connectivity index is 3.38. The van der Waals surface area contributed by atoms with Crippen LogP contribution in [-0.2, 0) is 0 Å². The highest BCUT2D eigenvalue weighted by Gasteiger charge is 2.09. The molecule has 0 aromatic carbocycles. The van der Waals surface area contributed by atoms with Crippen molar-refractivity contribution in [1.29, 1.82) is 0 Å². The van der Waals surface area contributed by atoms with Crippen molar-refractivity contribution >= 4 is 0 Å². The van der Waals surface area contributed by atoms with Crippen LogP contribution in [0, 0.1) is 5.92 Å². The van der Waals surface area contributed by atoms with Crippen LogP contribution >= 0.6 is 0 Å². The van der Waals surface area contributed by atoms with E-state index in [-0.39, 0.29) is 0 Å². The van der Waals surface area contributed by atoms with Crippen LogP contribution in [0.5, 0.6) is 0 Å². The lowest BCUT2D eigenvalue weighted by Gasteiger charge is -2.26. The second-order valence-electron chi connectivity index (χ2n) is 5.37. The molecule has 0 aliphatic carbocycles. The predicted molar refractivity (Wildman–Crippen MR) is 73.9 cm³/mol. The maximum Gasteiger partial charge on any atom is 0.00663 e. The van der Waals surface area contributed by atoms with E-state index in [1.807, 2.05) is 0 Å². The van der Waals surface area contributed by atoms with Crippen molar-refractivity contribution in [2.45, 2.75) is 59.4 Å². The van der Waals surface area contributed by atoms with Gasteiger partial charge in [0.2, 0.25) is 0 Å². The van der Waals surface area contributed by atoms with Gasteiger partial charge in [0.05, 0.1) is 0 Å². The van der Waals surface area contributed by atoms with Gasteiger partial charge in [-0.2, -0.15) is 0 Å². The third kappa shape index (κ3) is 9.17. The van der Waals surface area contributed by atoms with E-state index in [0.29, 0.717) is 0 Å². The van der Waals surface area contributed by atoms with E-state index in [4.69, 9.17) is 0 Å². The topological polar surface area (TPSA) is 15.3 Å². The number of nitrogens with zero attached hydrogens (tertiary/aromatic N) is 1. The highest BCUT2D eigenvalue weighted by atomic mass is 15.1. The van der Waals surface area contributed by atoms with Crippen LogP contribution in [0.4, 0.5) is 0 Å². The Morgan fingerprint density at radius 3 is 2.31 bits per heavy atom. The fourth-order valence-electron chi connectivity index (χ4n) is 2.05. The normalized spacial score (nSPS) is 13.7. The Morgan fingerprint density at radius 1 is 1.06 bits per heavy atom. The molecule has 0 aromatic heterocycles. The number of hydrogen-bond donors (Lipinski definition) is 1. The zero-order chi connectivity index (χ0) is 12.4. The van der Waals surface area contributed by atoms with E-state index < -0.39 is 0 Å². The number of nitrogens with one attached hydrogen (secondary N) is 1. The van der Waals surface area contributed by atoms with Gasteiger partial charge in [0, 0.05) is 6.04 Å². The van der Waals surface area contributed by atoms with E-state index >= 15 is 0 Å². The molecule has 0 fully saturated rings. The third-order valence-electron chi connectivity index (χ3n) is 3.18. The Labute approximate surface area is 103 Å². The number of unbranched alkanes of at least 4 members (excludes halogenated alkanes) is 2. The molecule has 1 N–H and O–H groups in total. The number of rotatable bonds is 10. The SMILES string of the molecule is CCNCCCCCN(C)C(C)CC(C)C. The van der Waals surface area contributed by atoms with Crippen molar-refractivity contribution in [2.24, 2.45) is 5.92 Å². The van der Waals surface area contributed by atoms with E-state index in [9.17, 15) is 0 Å². The molecular formula is C14H32N2. The van der Waals surface area contributed by atoms with Crippen LogP contribution in [0.3, 0.4) is 0 Å². The van der Waals surface area contributed by atoms with E-state index in [0.717, 1.165) is 18.5 Å². The summed E-state index contributed by atoms with van der Waals surface area (Å²) in [7, 11) is 2.26. The smallest absolute Gasteiger partial charge is 0.00663 e. The van der Waals surface area contributed by atoms with Crippen LogP contribution in [0.1, 0.15) is 53.4 Å². The summed E-state index contributed by atoms with van der Waals surface area (Å²) in [6.45, 7) is 12.7. The second-order valence-corrected chi connectivity index (χ2v) is 5.37. The van der Waals surface area contributed by atoms with Gasteiger partial charge in [0.25, 0.3) is 0 Å². The molecule has 0 heterocycles. The van der Waals surface area contributed by atoms with Crippen molar-refractivity contribution in [3.8, 4) is 0 Å². The first-order valence-corrected chi connectivity index (χ1v) is 6.98. The molecule has 0 saturated carbocycles. The van der Waals surface area contributed by atoms with Gasteiger partial charge in [-0.3, -0.25) is 0 Å². The molecule has 0 radical (unpaired) electrons. The minimum atomic E-state index is 0.730. The summed E-state index contributed by atoms with van der Waals surface area (Å²) in [6.07, 6.45) is 5.32. The Hall–Kier alpha value is -0.0800. The van der Waals surface area contributed by atoms with Gasteiger partial charge < -0.3 is 10.2 Å². The monoisotopic (exact) mass is 228 g/mol. The summed E-state index contributed by atoms with van der Waals surface area (Å²) in [5, 5.41) is 3.37. The highest BCUT2D eigenvalue weighted by molar-refractivity contribution is 4.65. The number of hydrogen-bond acceptors (Lipinski definition) is 2. The fourth-order valence-corrected chi connectivity index (χ4v) is 2.05. The lowest BCUT2D eigenvalue weighted by Crippen LogP contribution is -2.31. The van der Waals surface area contributed by atoms with Gasteiger partial charge in [-0.1, -0.05) is 27.2 Å². The van der Waals surface area contributed by atoms with Gasteiger partial charge in [-0.15, -0.1) is 0 Å². The Morgan fingerprint density at radius 2 is 1.75 bits per heavy atom. The van der Waals surface area contributed by atoms with E-state index in [1.165, 1.54) is 38.8 Å². The van der Waals surface area contributed by atoms with Crippen LogP contribution < -0.4 is 5.32 Å². The van der Waals surface area contributed by atoms with Crippen LogP contribution in [0.15, 0.2) is 0 Å². The van der Waals surface area contributed by atoms with E-state index in [1.54, 1.807) is 0 Å². The van der Waals surface area contributed by atoms with Crippen molar-refractivity contribution in [1.82, 2.24) is 10.2 Å². The molecule has 0 amide bonds. The minimum absolute atomic E-state index is 0.730. The van der Waals surface area contributed by atoms with Crippen molar-refractivity contribution in [2.75, 3.05) is 26.7 Å². The average Bonchev–Trinajstić information content (AvgIpc) is 2.21. The first kappa shape index (κ1) is 15.9. The molecule has 0 rings (SSSR count).